The summed E-state index contributed by atoms with van der Waals surface area (Å²) in [6, 6.07) is 7.78. The number of nitrogens with one attached hydrogen (secondary N) is 2. The van der Waals surface area contributed by atoms with E-state index in [4.69, 9.17) is 18.0 Å². The predicted octanol–water partition coefficient (Wildman–Crippen LogP) is 2.97. The van der Waals surface area contributed by atoms with E-state index in [2.05, 4.69) is 10.6 Å². The Hall–Kier alpha value is -1.62. The quantitative estimate of drug-likeness (QED) is 0.747. The zero-order chi connectivity index (χ0) is 14.4. The lowest BCUT2D eigenvalue weighted by Crippen LogP contribution is -2.39. The summed E-state index contributed by atoms with van der Waals surface area (Å²) in [7, 11) is 0. The molecule has 5 heteroatoms. The highest BCUT2D eigenvalue weighted by molar-refractivity contribution is 7.80. The van der Waals surface area contributed by atoms with Gasteiger partial charge in [0, 0.05) is 18.2 Å². The van der Waals surface area contributed by atoms with E-state index in [1.807, 2.05) is 24.3 Å². The summed E-state index contributed by atoms with van der Waals surface area (Å²) in [6.45, 7) is 0. The van der Waals surface area contributed by atoms with E-state index in [0.29, 0.717) is 17.5 Å². The molecule has 0 saturated heterocycles. The van der Waals surface area contributed by atoms with Crippen LogP contribution in [0.2, 0.25) is 0 Å². The molecular formula is C15H21N3OS. The molecule has 4 N–H and O–H groups in total. The molecule has 0 heterocycles. The number of rotatable bonds is 4. The van der Waals surface area contributed by atoms with Crippen molar-refractivity contribution < 1.29 is 4.79 Å². The summed E-state index contributed by atoms with van der Waals surface area (Å²) in [6.07, 6.45) is 6.45. The lowest BCUT2D eigenvalue weighted by atomic mass is 9.96. The van der Waals surface area contributed by atoms with Crippen molar-refractivity contribution in [3.63, 3.8) is 0 Å². The normalized spacial score (nSPS) is 15.6. The molecule has 0 spiro atoms. The first-order valence-electron chi connectivity index (χ1n) is 7.08. The fraction of sp³-hybridized carbons (Fsp3) is 0.467. The van der Waals surface area contributed by atoms with Crippen molar-refractivity contribution in [3.8, 4) is 0 Å². The molecule has 0 aromatic heterocycles. The minimum absolute atomic E-state index is 0.126. The zero-order valence-electron chi connectivity index (χ0n) is 11.5. The van der Waals surface area contributed by atoms with Gasteiger partial charge in [-0.2, -0.15) is 0 Å². The molecular weight excluding hydrogens is 270 g/mol. The van der Waals surface area contributed by atoms with Gasteiger partial charge in [-0.05, 0) is 30.5 Å². The van der Waals surface area contributed by atoms with Gasteiger partial charge in [-0.25, -0.2) is 4.79 Å². The van der Waals surface area contributed by atoms with Crippen LogP contribution in [0.25, 0.3) is 0 Å². The lowest BCUT2D eigenvalue weighted by Gasteiger charge is -2.22. The van der Waals surface area contributed by atoms with Gasteiger partial charge in [0.2, 0.25) is 0 Å². The van der Waals surface area contributed by atoms with E-state index in [0.717, 1.165) is 24.1 Å². The molecule has 1 aliphatic rings. The highest BCUT2D eigenvalue weighted by Crippen LogP contribution is 2.17. The first kappa shape index (κ1) is 14.8. The molecule has 2 rings (SSSR count). The number of benzene rings is 1. The minimum atomic E-state index is -0.126. The number of anilines is 1. The number of carbonyl (C=O) groups is 1. The molecule has 1 fully saturated rings. The maximum absolute atomic E-state index is 11.9. The molecule has 0 aliphatic heterocycles. The third kappa shape index (κ3) is 4.81. The third-order valence-electron chi connectivity index (χ3n) is 3.53. The average Bonchev–Trinajstić information content (AvgIpc) is 2.41. The van der Waals surface area contributed by atoms with Gasteiger partial charge in [0.05, 0.1) is 4.99 Å². The van der Waals surface area contributed by atoms with Crippen LogP contribution in [0.15, 0.2) is 24.3 Å². The van der Waals surface area contributed by atoms with Crippen LogP contribution in [0.3, 0.4) is 0 Å². The standard InChI is InChI=1S/C15H21N3OS/c16-14(20)10-11-6-8-13(9-7-11)18-15(19)17-12-4-2-1-3-5-12/h6-9,12H,1-5,10H2,(H2,16,20)(H2,17,18,19). The smallest absolute Gasteiger partial charge is 0.319 e. The van der Waals surface area contributed by atoms with Crippen molar-refractivity contribution in [2.45, 2.75) is 44.6 Å². The van der Waals surface area contributed by atoms with Gasteiger partial charge in [0.25, 0.3) is 0 Å². The van der Waals surface area contributed by atoms with Crippen LogP contribution in [0.1, 0.15) is 37.7 Å². The van der Waals surface area contributed by atoms with E-state index in [1.54, 1.807) is 0 Å². The molecule has 108 valence electrons. The number of nitrogens with two attached hydrogens (primary N) is 1. The topological polar surface area (TPSA) is 67.1 Å². The molecule has 2 amide bonds. The summed E-state index contributed by atoms with van der Waals surface area (Å²) in [5.41, 5.74) is 7.33. The van der Waals surface area contributed by atoms with Crippen molar-refractivity contribution in [2.75, 3.05) is 5.32 Å². The Morgan fingerprint density at radius 2 is 1.85 bits per heavy atom. The average molecular weight is 291 g/mol. The zero-order valence-corrected chi connectivity index (χ0v) is 12.3. The van der Waals surface area contributed by atoms with Gasteiger partial charge in [-0.3, -0.25) is 0 Å². The first-order valence-corrected chi connectivity index (χ1v) is 7.49. The van der Waals surface area contributed by atoms with Crippen LogP contribution in [0.5, 0.6) is 0 Å². The summed E-state index contributed by atoms with van der Waals surface area (Å²) >= 11 is 4.87. The van der Waals surface area contributed by atoms with Crippen LogP contribution >= 0.6 is 12.2 Å². The third-order valence-corrected chi connectivity index (χ3v) is 3.67. The van der Waals surface area contributed by atoms with E-state index < -0.39 is 0 Å². The first-order chi connectivity index (χ1) is 9.63. The Morgan fingerprint density at radius 3 is 2.45 bits per heavy atom. The van der Waals surface area contributed by atoms with Crippen molar-refractivity contribution in [3.05, 3.63) is 29.8 Å². The molecule has 1 saturated carbocycles. The summed E-state index contributed by atoms with van der Waals surface area (Å²) in [4.78, 5) is 12.4. The molecule has 20 heavy (non-hydrogen) atoms. The molecule has 0 atom stereocenters. The summed E-state index contributed by atoms with van der Waals surface area (Å²) < 4.78 is 0. The Morgan fingerprint density at radius 1 is 1.20 bits per heavy atom. The molecule has 0 unspecified atom stereocenters. The van der Waals surface area contributed by atoms with Gasteiger partial charge in [-0.15, -0.1) is 0 Å². The van der Waals surface area contributed by atoms with E-state index in [9.17, 15) is 4.79 Å². The molecule has 1 aromatic rings. The number of hydrogen-bond acceptors (Lipinski definition) is 2. The van der Waals surface area contributed by atoms with Gasteiger partial charge < -0.3 is 16.4 Å². The van der Waals surface area contributed by atoms with Crippen molar-refractivity contribution in [1.82, 2.24) is 5.32 Å². The Bertz CT molecular complexity index is 467. The van der Waals surface area contributed by atoms with Gasteiger partial charge in [-0.1, -0.05) is 43.6 Å². The van der Waals surface area contributed by atoms with E-state index in [-0.39, 0.29) is 6.03 Å². The fourth-order valence-electron chi connectivity index (χ4n) is 2.51. The number of thiocarbonyl (C=S) groups is 1. The van der Waals surface area contributed by atoms with E-state index in [1.165, 1.54) is 19.3 Å². The summed E-state index contributed by atoms with van der Waals surface area (Å²) in [5.74, 6) is 0. The SMILES string of the molecule is NC(=S)Cc1ccc(NC(=O)NC2CCCCC2)cc1. The predicted molar refractivity (Wildman–Crippen MR) is 86.0 cm³/mol. The number of carbonyl (C=O) groups excluding carboxylic acids is 1. The second-order valence-electron chi connectivity index (χ2n) is 5.27. The Balaban J connectivity index is 1.82. The summed E-state index contributed by atoms with van der Waals surface area (Å²) in [5, 5.41) is 5.88. The van der Waals surface area contributed by atoms with Gasteiger partial charge in [0.1, 0.15) is 0 Å². The molecule has 1 aromatic carbocycles. The van der Waals surface area contributed by atoms with Crippen LogP contribution in [-0.4, -0.2) is 17.1 Å². The van der Waals surface area contributed by atoms with Crippen molar-refractivity contribution in [2.24, 2.45) is 5.73 Å². The van der Waals surface area contributed by atoms with Gasteiger partial charge >= 0.3 is 6.03 Å². The van der Waals surface area contributed by atoms with Crippen LogP contribution in [0, 0.1) is 0 Å². The van der Waals surface area contributed by atoms with Gasteiger partial charge in [0.15, 0.2) is 0 Å². The lowest BCUT2D eigenvalue weighted by molar-refractivity contribution is 0.244. The number of urea groups is 1. The maximum Gasteiger partial charge on any atom is 0.319 e. The molecule has 4 nitrogen and oxygen atoms in total. The monoisotopic (exact) mass is 291 g/mol. The number of amides is 2. The molecule has 0 radical (unpaired) electrons. The Kier molecular flexibility index (Phi) is 5.35. The highest BCUT2D eigenvalue weighted by atomic mass is 32.1. The molecule has 0 bridgehead atoms. The molecule has 1 aliphatic carbocycles. The fourth-order valence-corrected chi connectivity index (χ4v) is 2.67. The largest absolute Gasteiger partial charge is 0.393 e. The Labute approximate surface area is 125 Å². The van der Waals surface area contributed by atoms with Crippen LogP contribution in [0.4, 0.5) is 10.5 Å². The van der Waals surface area contributed by atoms with Crippen LogP contribution < -0.4 is 16.4 Å². The highest BCUT2D eigenvalue weighted by Gasteiger charge is 2.15. The van der Waals surface area contributed by atoms with E-state index >= 15 is 0 Å². The second kappa shape index (κ2) is 7.24. The van der Waals surface area contributed by atoms with Crippen LogP contribution in [-0.2, 0) is 6.42 Å². The van der Waals surface area contributed by atoms with Crippen molar-refractivity contribution >= 4 is 28.9 Å². The number of hydrogen-bond donors (Lipinski definition) is 3. The second-order valence-corrected chi connectivity index (χ2v) is 5.80. The maximum atomic E-state index is 11.9. The van der Waals surface area contributed by atoms with Crippen molar-refractivity contribution in [1.29, 1.82) is 0 Å². The minimum Gasteiger partial charge on any atom is -0.393 e.